The van der Waals surface area contributed by atoms with Crippen molar-refractivity contribution in [2.24, 2.45) is 0 Å². The Hall–Kier alpha value is -4.54. The SMILES string of the molecule is O=C(Nc1cccc(SCC(=O)c2cccc([N+](=O)[O-])c2)c1)/C(=C/c1ccc(Br)cc1)NC(=O)c1ccccc1. The Balaban J connectivity index is 1.48. The lowest BCUT2D eigenvalue weighted by atomic mass is 10.1. The molecule has 2 amide bonds. The van der Waals surface area contributed by atoms with Gasteiger partial charge in [-0.1, -0.05) is 64.5 Å². The Morgan fingerprint density at radius 2 is 1.55 bits per heavy atom. The highest BCUT2D eigenvalue weighted by molar-refractivity contribution is 9.10. The second-order valence-electron chi connectivity index (χ2n) is 8.43. The zero-order chi connectivity index (χ0) is 28.5. The molecule has 0 aliphatic heterocycles. The number of carbonyl (C=O) groups is 3. The van der Waals surface area contributed by atoms with Crippen LogP contribution in [0.5, 0.6) is 0 Å². The first-order chi connectivity index (χ1) is 19.3. The monoisotopic (exact) mass is 615 g/mol. The summed E-state index contributed by atoms with van der Waals surface area (Å²) in [5.41, 5.74) is 1.74. The van der Waals surface area contributed by atoms with Gasteiger partial charge < -0.3 is 10.6 Å². The molecule has 0 aliphatic rings. The van der Waals surface area contributed by atoms with E-state index in [1.165, 1.54) is 36.0 Å². The summed E-state index contributed by atoms with van der Waals surface area (Å²) in [6.45, 7) is 0. The van der Waals surface area contributed by atoms with Crippen molar-refractivity contribution in [3.8, 4) is 0 Å². The van der Waals surface area contributed by atoms with Crippen molar-refractivity contribution in [1.29, 1.82) is 0 Å². The highest BCUT2D eigenvalue weighted by Gasteiger charge is 2.16. The van der Waals surface area contributed by atoms with E-state index in [0.29, 0.717) is 21.7 Å². The largest absolute Gasteiger partial charge is 0.321 e. The van der Waals surface area contributed by atoms with Crippen LogP contribution < -0.4 is 10.6 Å². The van der Waals surface area contributed by atoms with Crippen molar-refractivity contribution >= 4 is 62.7 Å². The minimum atomic E-state index is -0.544. The molecule has 2 N–H and O–H groups in total. The van der Waals surface area contributed by atoms with Crippen LogP contribution in [-0.2, 0) is 4.79 Å². The van der Waals surface area contributed by atoms with Gasteiger partial charge in [-0.3, -0.25) is 24.5 Å². The normalized spacial score (nSPS) is 11.0. The summed E-state index contributed by atoms with van der Waals surface area (Å²) in [6.07, 6.45) is 1.58. The van der Waals surface area contributed by atoms with Gasteiger partial charge in [0, 0.05) is 38.3 Å². The molecule has 0 unspecified atom stereocenters. The summed E-state index contributed by atoms with van der Waals surface area (Å²) in [5, 5.41) is 16.5. The van der Waals surface area contributed by atoms with Crippen LogP contribution in [-0.4, -0.2) is 28.3 Å². The van der Waals surface area contributed by atoms with Crippen LogP contribution in [0.3, 0.4) is 0 Å². The number of non-ortho nitro benzene ring substituents is 1. The molecule has 10 heteroatoms. The summed E-state index contributed by atoms with van der Waals surface area (Å²) >= 11 is 4.63. The highest BCUT2D eigenvalue weighted by atomic mass is 79.9. The van der Waals surface area contributed by atoms with Crippen molar-refractivity contribution < 1.29 is 19.3 Å². The Labute approximate surface area is 242 Å². The summed E-state index contributed by atoms with van der Waals surface area (Å²) in [4.78, 5) is 49.9. The average molecular weight is 616 g/mol. The molecular formula is C30H22BrN3O5S. The molecule has 0 fully saturated rings. The number of hydrogen-bond donors (Lipinski definition) is 2. The molecular weight excluding hydrogens is 594 g/mol. The number of halogens is 1. The number of ketones is 1. The maximum Gasteiger partial charge on any atom is 0.272 e. The zero-order valence-corrected chi connectivity index (χ0v) is 23.3. The first kappa shape index (κ1) is 28.5. The quantitative estimate of drug-likeness (QED) is 0.0670. The maximum absolute atomic E-state index is 13.3. The number of nitrogens with one attached hydrogen (secondary N) is 2. The molecule has 4 aromatic carbocycles. The lowest BCUT2D eigenvalue weighted by molar-refractivity contribution is -0.384. The minimum absolute atomic E-state index is 0.0510. The van der Waals surface area contributed by atoms with Crippen molar-refractivity contribution in [2.75, 3.05) is 11.1 Å². The molecule has 0 spiro atoms. The molecule has 200 valence electrons. The van der Waals surface area contributed by atoms with Gasteiger partial charge in [-0.05, 0) is 54.1 Å². The number of amides is 2. The van der Waals surface area contributed by atoms with Crippen LogP contribution in [0.2, 0.25) is 0 Å². The van der Waals surface area contributed by atoms with Crippen LogP contribution in [0.15, 0.2) is 118 Å². The lowest BCUT2D eigenvalue weighted by Crippen LogP contribution is -2.30. The molecule has 0 aliphatic carbocycles. The van der Waals surface area contributed by atoms with Gasteiger partial charge in [0.2, 0.25) is 0 Å². The summed E-state index contributed by atoms with van der Waals surface area (Å²) in [6, 6.07) is 28.4. The first-order valence-electron chi connectivity index (χ1n) is 11.9. The molecule has 0 saturated carbocycles. The van der Waals surface area contributed by atoms with E-state index in [-0.39, 0.29) is 28.5 Å². The molecule has 0 aromatic heterocycles. The van der Waals surface area contributed by atoms with Crippen molar-refractivity contribution in [3.05, 3.63) is 140 Å². The van der Waals surface area contributed by atoms with Gasteiger partial charge in [0.1, 0.15) is 5.70 Å². The first-order valence-corrected chi connectivity index (χ1v) is 13.7. The van der Waals surface area contributed by atoms with Crippen LogP contribution in [0.25, 0.3) is 6.08 Å². The number of nitro groups is 1. The Morgan fingerprint density at radius 3 is 2.27 bits per heavy atom. The van der Waals surface area contributed by atoms with Crippen molar-refractivity contribution in [1.82, 2.24) is 5.32 Å². The van der Waals surface area contributed by atoms with Gasteiger partial charge in [0.25, 0.3) is 17.5 Å². The molecule has 0 radical (unpaired) electrons. The molecule has 0 atom stereocenters. The second-order valence-corrected chi connectivity index (χ2v) is 10.4. The van der Waals surface area contributed by atoms with Gasteiger partial charge in [0.05, 0.1) is 10.7 Å². The van der Waals surface area contributed by atoms with E-state index >= 15 is 0 Å². The number of carbonyl (C=O) groups excluding carboxylic acids is 3. The lowest BCUT2D eigenvalue weighted by Gasteiger charge is -2.12. The van der Waals surface area contributed by atoms with Gasteiger partial charge in [-0.2, -0.15) is 0 Å². The predicted octanol–water partition coefficient (Wildman–Crippen LogP) is 6.74. The molecule has 4 aromatic rings. The Bertz CT molecular complexity index is 1590. The number of Topliss-reactive ketones (excluding diaryl/α,β-unsaturated/α-hetero) is 1. The van der Waals surface area contributed by atoms with Gasteiger partial charge in [-0.15, -0.1) is 11.8 Å². The zero-order valence-electron chi connectivity index (χ0n) is 20.9. The molecule has 0 bridgehead atoms. The average Bonchev–Trinajstić information content (AvgIpc) is 2.97. The fraction of sp³-hybridized carbons (Fsp3) is 0.0333. The maximum atomic E-state index is 13.3. The van der Waals surface area contributed by atoms with Crippen LogP contribution in [0.1, 0.15) is 26.3 Å². The molecule has 0 heterocycles. The summed E-state index contributed by atoms with van der Waals surface area (Å²) in [7, 11) is 0. The molecule has 40 heavy (non-hydrogen) atoms. The van der Waals surface area contributed by atoms with Crippen LogP contribution in [0, 0.1) is 10.1 Å². The fourth-order valence-electron chi connectivity index (χ4n) is 3.56. The molecule has 0 saturated heterocycles. The number of anilines is 1. The standard InChI is InChI=1S/C30H22BrN3O5S/c31-23-14-12-20(13-15-23)16-27(33-29(36)21-6-2-1-3-7-21)30(37)32-24-9-5-11-26(18-24)40-19-28(35)22-8-4-10-25(17-22)34(38)39/h1-18H,19H2,(H,32,37)(H,33,36)/b27-16-. The number of nitrogens with zero attached hydrogens (tertiary/aromatic N) is 1. The number of hydrogen-bond acceptors (Lipinski definition) is 6. The number of thioether (sulfide) groups is 1. The number of rotatable bonds is 10. The highest BCUT2D eigenvalue weighted by Crippen LogP contribution is 2.24. The third kappa shape index (κ3) is 7.98. The fourth-order valence-corrected chi connectivity index (χ4v) is 4.67. The second kappa shape index (κ2) is 13.5. The third-order valence-corrected chi connectivity index (χ3v) is 7.07. The van der Waals surface area contributed by atoms with E-state index in [4.69, 9.17) is 0 Å². The molecule has 8 nitrogen and oxygen atoms in total. The summed E-state index contributed by atoms with van der Waals surface area (Å²) < 4.78 is 0.877. The van der Waals surface area contributed by atoms with Gasteiger partial charge in [-0.25, -0.2) is 0 Å². The number of benzene rings is 4. The van der Waals surface area contributed by atoms with E-state index in [1.54, 1.807) is 60.7 Å². The topological polar surface area (TPSA) is 118 Å². The van der Waals surface area contributed by atoms with Crippen LogP contribution >= 0.6 is 27.7 Å². The molecule has 4 rings (SSSR count). The van der Waals surface area contributed by atoms with E-state index in [9.17, 15) is 24.5 Å². The van der Waals surface area contributed by atoms with Gasteiger partial charge in [0.15, 0.2) is 5.78 Å². The Kier molecular flexibility index (Phi) is 9.61. The van der Waals surface area contributed by atoms with E-state index < -0.39 is 16.7 Å². The third-order valence-electron chi connectivity index (χ3n) is 5.55. The predicted molar refractivity (Wildman–Crippen MR) is 159 cm³/mol. The number of nitro benzene ring substituents is 1. The van der Waals surface area contributed by atoms with Gasteiger partial charge >= 0.3 is 0 Å². The van der Waals surface area contributed by atoms with E-state index in [2.05, 4.69) is 26.6 Å². The smallest absolute Gasteiger partial charge is 0.272 e. The van der Waals surface area contributed by atoms with E-state index in [0.717, 1.165) is 4.47 Å². The van der Waals surface area contributed by atoms with Crippen molar-refractivity contribution in [3.63, 3.8) is 0 Å². The Morgan fingerprint density at radius 1 is 0.850 bits per heavy atom. The van der Waals surface area contributed by atoms with Crippen molar-refractivity contribution in [2.45, 2.75) is 4.90 Å². The summed E-state index contributed by atoms with van der Waals surface area (Å²) in [5.74, 6) is -1.16. The van der Waals surface area contributed by atoms with Crippen LogP contribution in [0.4, 0.5) is 11.4 Å². The van der Waals surface area contributed by atoms with E-state index in [1.807, 2.05) is 24.3 Å². The minimum Gasteiger partial charge on any atom is -0.321 e.